The average molecular weight is 1120 g/mol. The fraction of sp³-hybridized carbons (Fsp3) is 0.536. The van der Waals surface area contributed by atoms with Crippen LogP contribution >= 0.6 is 11.3 Å². The van der Waals surface area contributed by atoms with Gasteiger partial charge in [-0.2, -0.15) is 0 Å². The maximum Gasteiger partial charge on any atom is 0.260 e. The van der Waals surface area contributed by atoms with Gasteiger partial charge >= 0.3 is 0 Å². The first kappa shape index (κ1) is 60.8. The van der Waals surface area contributed by atoms with Crippen LogP contribution in [0.4, 0.5) is 11.6 Å². The summed E-state index contributed by atoms with van der Waals surface area (Å²) in [6.45, 7) is 17.6. The SMILES string of the molecule is CCn1cnnc1-c1cccc(N2Cc3c(cc(N(C)C(C)C)nc3CNCC(=O)NCCOCCOCCOCCOCCC(=O)N[C@H](C(=O)N3C[C@H](O)C[C@H]3C(=O)NCc3ccc(-c4scnc4C)cc3)C(C)(C)C)C2=O)n1. The second-order valence-corrected chi connectivity index (χ2v) is 21.8. The van der Waals surface area contributed by atoms with Crippen LogP contribution < -0.4 is 31.1 Å². The Bertz CT molecular complexity index is 2870. The van der Waals surface area contributed by atoms with Crippen LogP contribution in [0, 0.1) is 12.3 Å². The predicted octanol–water partition coefficient (Wildman–Crippen LogP) is 3.66. The zero-order valence-electron chi connectivity index (χ0n) is 47.2. The van der Waals surface area contributed by atoms with Gasteiger partial charge in [0.1, 0.15) is 35.7 Å². The molecule has 24 heteroatoms. The lowest BCUT2D eigenvalue weighted by atomic mass is 9.85. The topological polar surface area (TPSA) is 270 Å². The number of hydrogen-bond acceptors (Lipinski definition) is 18. The Kier molecular flexibility index (Phi) is 22.1. The van der Waals surface area contributed by atoms with E-state index < -0.39 is 29.5 Å². The van der Waals surface area contributed by atoms with E-state index in [-0.39, 0.29) is 95.1 Å². The van der Waals surface area contributed by atoms with Crippen LogP contribution in [-0.2, 0) is 64.3 Å². The van der Waals surface area contributed by atoms with Gasteiger partial charge in [0.2, 0.25) is 23.6 Å². The Hall–Kier alpha value is -6.80. The minimum Gasteiger partial charge on any atom is -0.391 e. The number of nitrogens with one attached hydrogen (secondary N) is 4. The van der Waals surface area contributed by atoms with Crippen molar-refractivity contribution in [3.8, 4) is 22.0 Å². The van der Waals surface area contributed by atoms with E-state index in [0.29, 0.717) is 80.5 Å². The van der Waals surface area contributed by atoms with Crippen molar-refractivity contribution in [3.05, 3.63) is 88.4 Å². The zero-order chi connectivity index (χ0) is 57.3. The summed E-state index contributed by atoms with van der Waals surface area (Å²) in [5.74, 6) is 0.193. The fourth-order valence-corrected chi connectivity index (χ4v) is 9.88. The number of rotatable bonds is 30. The van der Waals surface area contributed by atoms with Gasteiger partial charge in [-0.05, 0) is 62.4 Å². The van der Waals surface area contributed by atoms with E-state index in [2.05, 4.69) is 36.4 Å². The van der Waals surface area contributed by atoms with E-state index in [1.54, 1.807) is 28.6 Å². The summed E-state index contributed by atoms with van der Waals surface area (Å²) in [5, 5.41) is 30.6. The maximum atomic E-state index is 14.0. The van der Waals surface area contributed by atoms with E-state index in [0.717, 1.165) is 27.3 Å². The molecule has 1 aromatic carbocycles. The number of benzene rings is 1. The molecule has 5 N–H and O–H groups in total. The number of anilines is 2. The number of hydrogen-bond donors (Lipinski definition) is 5. The Morgan fingerprint density at radius 2 is 1.60 bits per heavy atom. The molecule has 3 atom stereocenters. The van der Waals surface area contributed by atoms with E-state index in [4.69, 9.17) is 28.9 Å². The first-order valence-electron chi connectivity index (χ1n) is 27.2. The van der Waals surface area contributed by atoms with Gasteiger partial charge in [-0.3, -0.25) is 28.9 Å². The zero-order valence-corrected chi connectivity index (χ0v) is 48.0. The molecule has 6 heterocycles. The van der Waals surface area contributed by atoms with Crippen molar-refractivity contribution >= 4 is 52.5 Å². The molecule has 1 fully saturated rings. The summed E-state index contributed by atoms with van der Waals surface area (Å²) in [5.41, 5.74) is 6.62. The Balaban J connectivity index is 0.723. The molecule has 0 spiro atoms. The molecule has 4 aromatic heterocycles. The monoisotopic (exact) mass is 1120 g/mol. The maximum absolute atomic E-state index is 14.0. The minimum atomic E-state index is -0.945. The quantitative estimate of drug-likeness (QED) is 0.0411. The van der Waals surface area contributed by atoms with Gasteiger partial charge in [0, 0.05) is 64.2 Å². The molecule has 0 bridgehead atoms. The molecule has 0 saturated carbocycles. The van der Waals surface area contributed by atoms with E-state index in [1.807, 2.05) is 113 Å². The van der Waals surface area contributed by atoms with Crippen LogP contribution in [0.25, 0.3) is 22.0 Å². The fourth-order valence-electron chi connectivity index (χ4n) is 9.07. The molecule has 23 nitrogen and oxygen atoms in total. The van der Waals surface area contributed by atoms with Crippen LogP contribution in [0.5, 0.6) is 0 Å². The van der Waals surface area contributed by atoms with Gasteiger partial charge < -0.3 is 59.7 Å². The average Bonchev–Trinajstić information content (AvgIpc) is 4.37. The molecule has 2 aliphatic heterocycles. The molecular formula is C56H77N13O10S. The molecule has 7 rings (SSSR count). The summed E-state index contributed by atoms with van der Waals surface area (Å²) < 4.78 is 24.3. The third-order valence-corrected chi connectivity index (χ3v) is 14.7. The van der Waals surface area contributed by atoms with E-state index in [1.165, 1.54) is 4.90 Å². The van der Waals surface area contributed by atoms with Gasteiger partial charge in [0.25, 0.3) is 5.91 Å². The number of aliphatic hydroxyl groups is 1. The second kappa shape index (κ2) is 29.1. The lowest BCUT2D eigenvalue weighted by molar-refractivity contribution is -0.144. The third kappa shape index (κ3) is 16.4. The molecule has 80 heavy (non-hydrogen) atoms. The number of fused-ring (bicyclic) bond motifs is 1. The highest BCUT2D eigenvalue weighted by Crippen LogP contribution is 2.33. The largest absolute Gasteiger partial charge is 0.391 e. The highest BCUT2D eigenvalue weighted by atomic mass is 32.1. The van der Waals surface area contributed by atoms with Crippen molar-refractivity contribution < 1.29 is 48.0 Å². The number of likely N-dealkylation sites (tertiary alicyclic amines) is 1. The number of amides is 5. The number of carbonyl (C=O) groups excluding carboxylic acids is 5. The number of nitrogens with zero attached hydrogens (tertiary/aromatic N) is 9. The van der Waals surface area contributed by atoms with Gasteiger partial charge in [-0.1, -0.05) is 51.1 Å². The first-order chi connectivity index (χ1) is 38.4. The Morgan fingerprint density at radius 3 is 2.26 bits per heavy atom. The van der Waals surface area contributed by atoms with Gasteiger partial charge in [0.15, 0.2) is 5.82 Å². The van der Waals surface area contributed by atoms with Crippen molar-refractivity contribution in [1.29, 1.82) is 0 Å². The molecule has 5 amide bonds. The van der Waals surface area contributed by atoms with E-state index >= 15 is 0 Å². The summed E-state index contributed by atoms with van der Waals surface area (Å²) in [4.78, 5) is 87.3. The number of pyridine rings is 2. The van der Waals surface area contributed by atoms with E-state index in [9.17, 15) is 29.1 Å². The lowest BCUT2D eigenvalue weighted by Gasteiger charge is -2.35. The third-order valence-electron chi connectivity index (χ3n) is 13.8. The normalized spacial score (nSPS) is 15.6. The number of ether oxygens (including phenoxy) is 4. The number of aliphatic hydroxyl groups excluding tert-OH is 1. The molecule has 0 radical (unpaired) electrons. The van der Waals surface area contributed by atoms with Crippen molar-refractivity contribution in [1.82, 2.24) is 55.9 Å². The van der Waals surface area contributed by atoms with Crippen molar-refractivity contribution in [2.75, 3.05) is 89.3 Å². The van der Waals surface area contributed by atoms with Crippen LogP contribution in [0.3, 0.4) is 0 Å². The summed E-state index contributed by atoms with van der Waals surface area (Å²) in [6.07, 6.45) is 0.879. The number of thiazole rings is 1. The highest BCUT2D eigenvalue weighted by molar-refractivity contribution is 7.13. The number of aromatic nitrogens is 6. The lowest BCUT2D eigenvalue weighted by Crippen LogP contribution is -2.57. The van der Waals surface area contributed by atoms with Crippen LogP contribution in [-0.4, -0.2) is 173 Å². The molecular weight excluding hydrogens is 1050 g/mol. The van der Waals surface area contributed by atoms with Gasteiger partial charge in [-0.15, -0.1) is 21.5 Å². The molecule has 2 aliphatic rings. The summed E-state index contributed by atoms with van der Waals surface area (Å²) >= 11 is 1.57. The standard InChI is InChI=1S/C56H77N13O10S/c1-9-67-34-61-65-52(67)43-11-10-12-46(62-43)69-33-42-41(54(69)74)28-47(66(8)36(2)3)63-44(42)30-57-31-49(72)58-18-20-77-22-24-79-26-25-78-23-21-76-19-17-48(71)64-51(56(5,6)7)55(75)68-32-40(70)27-45(68)53(73)59-29-38-13-15-39(16-14-38)50-37(4)60-35-80-50/h10-16,28,34-36,40,45,51,57,70H,9,17-27,29-33H2,1-8H3,(H,58,72)(H,59,73)(H,64,71)/t40-,45+,51-/m1/s1. The van der Waals surface area contributed by atoms with Crippen LogP contribution in [0.15, 0.2) is 60.4 Å². The smallest absolute Gasteiger partial charge is 0.260 e. The molecule has 432 valence electrons. The Labute approximate surface area is 471 Å². The first-order valence-corrected chi connectivity index (χ1v) is 28.1. The summed E-state index contributed by atoms with van der Waals surface area (Å²) in [7, 11) is 1.93. The number of carbonyl (C=O) groups is 5. The molecule has 0 aliphatic carbocycles. The minimum absolute atomic E-state index is 0.00848. The molecule has 1 saturated heterocycles. The highest BCUT2D eigenvalue weighted by Gasteiger charge is 2.44. The number of aryl methyl sites for hydroxylation is 2. The van der Waals surface area contributed by atoms with Crippen LogP contribution in [0.1, 0.15) is 87.3 Å². The van der Waals surface area contributed by atoms with Crippen molar-refractivity contribution in [2.24, 2.45) is 5.41 Å². The Morgan fingerprint density at radius 1 is 0.900 bits per heavy atom. The summed E-state index contributed by atoms with van der Waals surface area (Å²) in [6, 6.07) is 13.5. The van der Waals surface area contributed by atoms with Crippen molar-refractivity contribution in [3.63, 3.8) is 0 Å². The van der Waals surface area contributed by atoms with Gasteiger partial charge in [0.05, 0.1) is 99.4 Å². The molecule has 5 aromatic rings. The molecule has 0 unspecified atom stereocenters. The predicted molar refractivity (Wildman–Crippen MR) is 301 cm³/mol. The van der Waals surface area contributed by atoms with Crippen molar-refractivity contribution in [2.45, 2.75) is 112 Å². The second-order valence-electron chi connectivity index (χ2n) is 21.0. The van der Waals surface area contributed by atoms with Crippen LogP contribution in [0.2, 0.25) is 0 Å². The number of β-amino-alcohol motifs (C(OH)–C–C–N with tert-alkyl or cyclic N) is 1. The van der Waals surface area contributed by atoms with Gasteiger partial charge in [-0.25, -0.2) is 15.0 Å².